The predicted octanol–water partition coefficient (Wildman–Crippen LogP) is 2.47. The molecule has 1 amide bonds. The minimum atomic E-state index is -3.58. The first-order valence-corrected chi connectivity index (χ1v) is 6.43. The van der Waals surface area contributed by atoms with Crippen LogP contribution in [0, 0.1) is 0 Å². The molecule has 0 saturated carbocycles. The Hall–Kier alpha value is -1.98. The third-order valence-electron chi connectivity index (χ3n) is 3.10. The molecule has 0 spiro atoms. The summed E-state index contributed by atoms with van der Waals surface area (Å²) in [7, 11) is 0. The molecule has 0 aliphatic carbocycles. The number of alkyl halides is 2. The van der Waals surface area contributed by atoms with E-state index in [1.165, 1.54) is 18.2 Å². The van der Waals surface area contributed by atoms with E-state index < -0.39 is 24.3 Å². The smallest absolute Gasteiger partial charge is 0.352 e. The van der Waals surface area contributed by atoms with Crippen LogP contribution in [0.5, 0.6) is 0 Å². The van der Waals surface area contributed by atoms with Crippen molar-refractivity contribution in [1.29, 1.82) is 0 Å². The highest BCUT2D eigenvalue weighted by molar-refractivity contribution is 6.08. The quantitative estimate of drug-likeness (QED) is 0.616. The fourth-order valence-electron chi connectivity index (χ4n) is 2.03. The first kappa shape index (κ1) is 14.4. The number of anilines is 1. The summed E-state index contributed by atoms with van der Waals surface area (Å²) in [6.45, 7) is 1.68. The van der Waals surface area contributed by atoms with Crippen molar-refractivity contribution in [3.8, 4) is 0 Å². The van der Waals surface area contributed by atoms with Crippen LogP contribution in [-0.4, -0.2) is 25.0 Å². The molecule has 1 heterocycles. The number of nitrogens with zero attached hydrogens (tertiary/aromatic N) is 1. The van der Waals surface area contributed by atoms with Crippen molar-refractivity contribution in [2.45, 2.75) is 25.7 Å². The lowest BCUT2D eigenvalue weighted by molar-refractivity contribution is -0.146. The van der Waals surface area contributed by atoms with Gasteiger partial charge in [-0.05, 0) is 12.5 Å². The molecule has 1 aliphatic heterocycles. The summed E-state index contributed by atoms with van der Waals surface area (Å²) in [5.74, 6) is -5.65. The minimum absolute atomic E-state index is 0.0648. The molecule has 0 atom stereocenters. The van der Waals surface area contributed by atoms with Gasteiger partial charge in [0.05, 0.1) is 17.9 Å². The van der Waals surface area contributed by atoms with Crippen LogP contribution in [-0.2, 0) is 20.2 Å². The van der Waals surface area contributed by atoms with E-state index in [2.05, 4.69) is 0 Å². The number of hydrogen-bond acceptors (Lipinski definition) is 3. The van der Waals surface area contributed by atoms with Crippen LogP contribution in [0.15, 0.2) is 24.3 Å². The molecule has 4 nitrogen and oxygen atoms in total. The van der Waals surface area contributed by atoms with Gasteiger partial charge in [-0.2, -0.15) is 8.78 Å². The molecule has 2 rings (SSSR count). The summed E-state index contributed by atoms with van der Waals surface area (Å²) in [4.78, 5) is 24.1. The van der Waals surface area contributed by atoms with Gasteiger partial charge in [0.25, 0.3) is 0 Å². The maximum Gasteiger partial charge on any atom is 0.352 e. The predicted molar refractivity (Wildman–Crippen MR) is 68.6 cm³/mol. The Labute approximate surface area is 115 Å². The number of carbonyl (C=O) groups excluding carboxylic acids is 2. The van der Waals surface area contributed by atoms with Gasteiger partial charge in [0.15, 0.2) is 0 Å². The fraction of sp³-hybridized carbons (Fsp3) is 0.429. The lowest BCUT2D eigenvalue weighted by atomic mass is 10.1. The van der Waals surface area contributed by atoms with E-state index in [1.807, 2.05) is 6.92 Å². The summed E-state index contributed by atoms with van der Waals surface area (Å²) in [5, 5.41) is 0. The number of rotatable bonds is 5. The number of carbonyl (C=O) groups is 2. The average Bonchev–Trinajstić information content (AvgIpc) is 2.61. The molecule has 6 heteroatoms. The summed E-state index contributed by atoms with van der Waals surface area (Å²) in [5.41, 5.74) is -0.304. The number of hydrogen-bond donors (Lipinski definition) is 0. The van der Waals surface area contributed by atoms with Crippen LogP contribution in [0.1, 0.15) is 25.3 Å². The van der Waals surface area contributed by atoms with E-state index in [0.29, 0.717) is 6.42 Å². The van der Waals surface area contributed by atoms with Crippen molar-refractivity contribution in [2.75, 3.05) is 18.1 Å². The SMILES string of the molecule is CCCCOC(=O)CN1C(=O)C(F)(F)c2ccccc21. The van der Waals surface area contributed by atoms with E-state index in [1.54, 1.807) is 6.07 Å². The molecule has 0 radical (unpaired) electrons. The second kappa shape index (κ2) is 5.56. The Balaban J connectivity index is 2.13. The summed E-state index contributed by atoms with van der Waals surface area (Å²) in [6.07, 6.45) is 1.56. The summed E-state index contributed by atoms with van der Waals surface area (Å²) < 4.78 is 32.5. The van der Waals surface area contributed by atoms with Crippen molar-refractivity contribution in [3.63, 3.8) is 0 Å². The number of benzene rings is 1. The lowest BCUT2D eigenvalue weighted by Gasteiger charge is -2.16. The molecule has 1 aromatic carbocycles. The maximum atomic E-state index is 13.8. The van der Waals surface area contributed by atoms with Crippen molar-refractivity contribution in [2.24, 2.45) is 0 Å². The summed E-state index contributed by atoms with van der Waals surface area (Å²) in [6, 6.07) is 5.56. The Morgan fingerprint density at radius 3 is 2.75 bits per heavy atom. The molecule has 0 N–H and O–H groups in total. The number of ether oxygens (including phenoxy) is 1. The van der Waals surface area contributed by atoms with Crippen LogP contribution in [0.3, 0.4) is 0 Å². The van der Waals surface area contributed by atoms with Crippen LogP contribution in [0.4, 0.5) is 14.5 Å². The van der Waals surface area contributed by atoms with Crippen LogP contribution >= 0.6 is 0 Å². The number of amides is 1. The number of unbranched alkanes of at least 4 members (excludes halogenated alkanes) is 1. The standard InChI is InChI=1S/C14H15F2NO3/c1-2-3-8-20-12(18)9-17-11-7-5-4-6-10(11)14(15,16)13(17)19/h4-7H,2-3,8-9H2,1H3. The molecule has 0 saturated heterocycles. The van der Waals surface area contributed by atoms with Gasteiger partial charge in [-0.25, -0.2) is 0 Å². The first-order chi connectivity index (χ1) is 9.48. The number of esters is 1. The van der Waals surface area contributed by atoms with Gasteiger partial charge in [0.1, 0.15) is 6.54 Å². The molecule has 0 aromatic heterocycles. The lowest BCUT2D eigenvalue weighted by Crippen LogP contribution is -2.38. The molecule has 0 bridgehead atoms. The average molecular weight is 283 g/mol. The van der Waals surface area contributed by atoms with Gasteiger partial charge in [-0.3, -0.25) is 14.5 Å². The van der Waals surface area contributed by atoms with E-state index in [0.717, 1.165) is 11.3 Å². The van der Waals surface area contributed by atoms with Crippen molar-refractivity contribution >= 4 is 17.6 Å². The molecule has 0 unspecified atom stereocenters. The highest BCUT2D eigenvalue weighted by atomic mass is 19.3. The van der Waals surface area contributed by atoms with E-state index in [9.17, 15) is 18.4 Å². The number of halogens is 2. The van der Waals surface area contributed by atoms with Crippen molar-refractivity contribution < 1.29 is 23.1 Å². The van der Waals surface area contributed by atoms with Gasteiger partial charge in [0.2, 0.25) is 0 Å². The maximum absolute atomic E-state index is 13.8. The van der Waals surface area contributed by atoms with Gasteiger partial charge in [-0.15, -0.1) is 0 Å². The zero-order valence-corrected chi connectivity index (χ0v) is 11.1. The van der Waals surface area contributed by atoms with Gasteiger partial charge >= 0.3 is 17.8 Å². The molecular formula is C14H15F2NO3. The monoisotopic (exact) mass is 283 g/mol. The molecule has 108 valence electrons. The molecule has 0 fully saturated rings. The van der Waals surface area contributed by atoms with Crippen LogP contribution in [0.25, 0.3) is 0 Å². The topological polar surface area (TPSA) is 46.6 Å². The van der Waals surface area contributed by atoms with Crippen LogP contribution < -0.4 is 4.90 Å². The Kier molecular flexibility index (Phi) is 4.01. The van der Waals surface area contributed by atoms with E-state index in [4.69, 9.17) is 4.74 Å². The normalized spacial score (nSPS) is 16.1. The minimum Gasteiger partial charge on any atom is -0.464 e. The van der Waals surface area contributed by atoms with E-state index in [-0.39, 0.29) is 17.9 Å². The zero-order chi connectivity index (χ0) is 14.8. The molecule has 1 aromatic rings. The molecular weight excluding hydrogens is 268 g/mol. The van der Waals surface area contributed by atoms with Gasteiger partial charge in [0, 0.05) is 0 Å². The fourth-order valence-corrected chi connectivity index (χ4v) is 2.03. The molecule has 1 aliphatic rings. The highest BCUT2D eigenvalue weighted by Crippen LogP contribution is 2.43. The van der Waals surface area contributed by atoms with Gasteiger partial charge < -0.3 is 4.74 Å². The first-order valence-electron chi connectivity index (χ1n) is 6.43. The van der Waals surface area contributed by atoms with E-state index >= 15 is 0 Å². The third-order valence-corrected chi connectivity index (χ3v) is 3.10. The highest BCUT2D eigenvalue weighted by Gasteiger charge is 2.53. The summed E-state index contributed by atoms with van der Waals surface area (Å²) >= 11 is 0. The molecule has 20 heavy (non-hydrogen) atoms. The van der Waals surface area contributed by atoms with Crippen molar-refractivity contribution in [1.82, 2.24) is 0 Å². The Morgan fingerprint density at radius 2 is 2.05 bits per heavy atom. The Bertz CT molecular complexity index is 531. The number of fused-ring (bicyclic) bond motifs is 1. The van der Waals surface area contributed by atoms with Crippen molar-refractivity contribution in [3.05, 3.63) is 29.8 Å². The van der Waals surface area contributed by atoms with Crippen LogP contribution in [0.2, 0.25) is 0 Å². The third kappa shape index (κ3) is 2.50. The zero-order valence-electron chi connectivity index (χ0n) is 11.1. The second-order valence-electron chi connectivity index (χ2n) is 4.56. The number of para-hydroxylation sites is 1. The Morgan fingerprint density at radius 1 is 1.35 bits per heavy atom. The second-order valence-corrected chi connectivity index (χ2v) is 4.56. The van der Waals surface area contributed by atoms with Gasteiger partial charge in [-0.1, -0.05) is 31.5 Å². The largest absolute Gasteiger partial charge is 0.464 e.